The van der Waals surface area contributed by atoms with E-state index in [-0.39, 0.29) is 0 Å². The van der Waals surface area contributed by atoms with Crippen molar-refractivity contribution >= 4 is 33.4 Å². The van der Waals surface area contributed by atoms with Gasteiger partial charge < -0.3 is 21.4 Å². The SMILES string of the molecule is Cc1c(-c2ccc3ccccc3c2-c2cnc(N)[nH]2)cc(-c2cnc(N)[nH]2)c2ccccc12. The van der Waals surface area contributed by atoms with Gasteiger partial charge in [-0.2, -0.15) is 0 Å². The van der Waals surface area contributed by atoms with Gasteiger partial charge in [-0.15, -0.1) is 0 Å². The molecule has 0 saturated carbocycles. The Morgan fingerprint density at radius 1 is 0.636 bits per heavy atom. The molecular weight excluding hydrogens is 408 g/mol. The monoisotopic (exact) mass is 430 g/mol. The summed E-state index contributed by atoms with van der Waals surface area (Å²) in [4.78, 5) is 14.9. The van der Waals surface area contributed by atoms with Crippen LogP contribution in [-0.2, 0) is 0 Å². The molecule has 0 spiro atoms. The molecule has 0 fully saturated rings. The topological polar surface area (TPSA) is 109 Å². The Morgan fingerprint density at radius 3 is 1.97 bits per heavy atom. The molecule has 0 aliphatic heterocycles. The predicted octanol–water partition coefficient (Wildman–Crippen LogP) is 5.91. The second-order valence-corrected chi connectivity index (χ2v) is 8.22. The molecule has 0 aliphatic rings. The number of fused-ring (bicyclic) bond motifs is 2. The van der Waals surface area contributed by atoms with Crippen LogP contribution in [0.4, 0.5) is 11.9 Å². The summed E-state index contributed by atoms with van der Waals surface area (Å²) in [7, 11) is 0. The van der Waals surface area contributed by atoms with Gasteiger partial charge in [0.25, 0.3) is 0 Å². The number of aromatic nitrogens is 4. The number of hydrogen-bond acceptors (Lipinski definition) is 4. The summed E-state index contributed by atoms with van der Waals surface area (Å²) >= 11 is 0. The van der Waals surface area contributed by atoms with Crippen LogP contribution in [0.5, 0.6) is 0 Å². The van der Waals surface area contributed by atoms with Crippen molar-refractivity contribution in [2.45, 2.75) is 6.92 Å². The van der Waals surface area contributed by atoms with E-state index in [0.29, 0.717) is 11.9 Å². The molecule has 6 N–H and O–H groups in total. The molecule has 6 aromatic rings. The van der Waals surface area contributed by atoms with Crippen LogP contribution in [0.15, 0.2) is 79.1 Å². The van der Waals surface area contributed by atoms with Gasteiger partial charge in [0, 0.05) is 11.1 Å². The summed E-state index contributed by atoms with van der Waals surface area (Å²) in [5.41, 5.74) is 19.2. The van der Waals surface area contributed by atoms with E-state index in [1.54, 1.807) is 12.4 Å². The lowest BCUT2D eigenvalue weighted by atomic mass is 9.86. The summed E-state index contributed by atoms with van der Waals surface area (Å²) in [5, 5.41) is 4.62. The van der Waals surface area contributed by atoms with Gasteiger partial charge in [-0.1, -0.05) is 60.7 Å². The fraction of sp³-hybridized carbons (Fsp3) is 0.0370. The van der Waals surface area contributed by atoms with E-state index in [2.05, 4.69) is 93.6 Å². The number of H-pyrrole nitrogens is 2. The smallest absolute Gasteiger partial charge is 0.197 e. The number of aromatic amines is 2. The second-order valence-electron chi connectivity index (χ2n) is 8.22. The van der Waals surface area contributed by atoms with Crippen LogP contribution in [0.3, 0.4) is 0 Å². The molecule has 4 aromatic carbocycles. The van der Waals surface area contributed by atoms with E-state index in [4.69, 9.17) is 11.5 Å². The molecular formula is C27H22N6. The highest BCUT2D eigenvalue weighted by Crippen LogP contribution is 2.43. The van der Waals surface area contributed by atoms with Crippen LogP contribution in [0.1, 0.15) is 5.56 Å². The lowest BCUT2D eigenvalue weighted by Crippen LogP contribution is -1.94. The number of anilines is 2. The first-order valence-electron chi connectivity index (χ1n) is 10.8. The molecule has 6 nitrogen and oxygen atoms in total. The first-order valence-corrected chi connectivity index (χ1v) is 10.8. The maximum absolute atomic E-state index is 5.97. The Kier molecular flexibility index (Phi) is 4.20. The maximum atomic E-state index is 5.97. The van der Waals surface area contributed by atoms with Gasteiger partial charge in [-0.3, -0.25) is 0 Å². The molecule has 0 unspecified atom stereocenters. The van der Waals surface area contributed by atoms with Crippen molar-refractivity contribution in [2.24, 2.45) is 0 Å². The molecule has 6 heteroatoms. The number of nitrogens with one attached hydrogen (secondary N) is 2. The van der Waals surface area contributed by atoms with Gasteiger partial charge >= 0.3 is 0 Å². The molecule has 0 bridgehead atoms. The van der Waals surface area contributed by atoms with E-state index < -0.39 is 0 Å². The minimum atomic E-state index is 0.396. The van der Waals surface area contributed by atoms with Crippen molar-refractivity contribution in [1.29, 1.82) is 0 Å². The Bertz CT molecular complexity index is 1660. The molecule has 0 aliphatic carbocycles. The first kappa shape index (κ1) is 19.1. The summed E-state index contributed by atoms with van der Waals surface area (Å²) in [6.07, 6.45) is 3.58. The third-order valence-electron chi connectivity index (χ3n) is 6.28. The van der Waals surface area contributed by atoms with E-state index >= 15 is 0 Å². The number of nitrogen functional groups attached to an aromatic ring is 2. The summed E-state index contributed by atoms with van der Waals surface area (Å²) < 4.78 is 0. The zero-order valence-electron chi connectivity index (χ0n) is 18.1. The standard InChI is InChI=1S/C27H22N6/c1-15-17-7-4-5-9-19(17)22(23-13-30-26(28)32-23)12-21(15)20-11-10-16-6-2-3-8-18(16)25(20)24-14-31-27(29)33-24/h2-14H,1H3,(H3,28,30,32)(H3,29,31,33). The highest BCUT2D eigenvalue weighted by molar-refractivity contribution is 6.08. The van der Waals surface area contributed by atoms with Crippen molar-refractivity contribution in [3.8, 4) is 33.6 Å². The lowest BCUT2D eigenvalue weighted by Gasteiger charge is -2.18. The molecule has 160 valence electrons. The molecule has 0 amide bonds. The molecule has 0 radical (unpaired) electrons. The summed E-state index contributed by atoms with van der Waals surface area (Å²) in [6.45, 7) is 2.17. The van der Waals surface area contributed by atoms with E-state index in [1.807, 2.05) is 0 Å². The van der Waals surface area contributed by atoms with Gasteiger partial charge in [0.15, 0.2) is 11.9 Å². The molecule has 2 heterocycles. The number of hydrogen-bond donors (Lipinski definition) is 4. The third kappa shape index (κ3) is 3.03. The minimum absolute atomic E-state index is 0.396. The van der Waals surface area contributed by atoms with Gasteiger partial charge in [-0.25, -0.2) is 9.97 Å². The van der Waals surface area contributed by atoms with Crippen LogP contribution in [0.2, 0.25) is 0 Å². The lowest BCUT2D eigenvalue weighted by molar-refractivity contribution is 1.33. The van der Waals surface area contributed by atoms with Crippen molar-refractivity contribution in [3.63, 3.8) is 0 Å². The zero-order valence-corrected chi connectivity index (χ0v) is 18.1. The largest absolute Gasteiger partial charge is 0.369 e. The first-order chi connectivity index (χ1) is 16.1. The van der Waals surface area contributed by atoms with E-state index in [1.165, 1.54) is 10.9 Å². The van der Waals surface area contributed by atoms with Crippen LogP contribution in [0.25, 0.3) is 55.2 Å². The van der Waals surface area contributed by atoms with Crippen LogP contribution in [0, 0.1) is 6.92 Å². The molecule has 2 aromatic heterocycles. The van der Waals surface area contributed by atoms with Crippen molar-refractivity contribution in [2.75, 3.05) is 11.5 Å². The second kappa shape index (κ2) is 7.24. The number of imidazole rings is 2. The highest BCUT2D eigenvalue weighted by Gasteiger charge is 2.19. The van der Waals surface area contributed by atoms with Gasteiger partial charge in [0.1, 0.15) is 0 Å². The van der Waals surface area contributed by atoms with Crippen LogP contribution < -0.4 is 11.5 Å². The molecule has 0 saturated heterocycles. The predicted molar refractivity (Wildman–Crippen MR) is 136 cm³/mol. The average Bonchev–Trinajstić information content (AvgIpc) is 3.47. The van der Waals surface area contributed by atoms with Gasteiger partial charge in [0.05, 0.1) is 23.8 Å². The zero-order chi connectivity index (χ0) is 22.5. The number of aryl methyl sites for hydroxylation is 1. The Hall–Kier alpha value is -4.58. The minimum Gasteiger partial charge on any atom is -0.369 e. The molecule has 6 rings (SSSR count). The van der Waals surface area contributed by atoms with Crippen molar-refractivity contribution in [1.82, 2.24) is 19.9 Å². The Labute approximate surface area is 190 Å². The number of nitrogens with zero attached hydrogens (tertiary/aromatic N) is 2. The van der Waals surface area contributed by atoms with Crippen molar-refractivity contribution < 1.29 is 0 Å². The maximum Gasteiger partial charge on any atom is 0.197 e. The summed E-state index contributed by atoms with van der Waals surface area (Å²) in [6, 6.07) is 23.3. The van der Waals surface area contributed by atoms with Gasteiger partial charge in [-0.05, 0) is 51.2 Å². The molecule has 33 heavy (non-hydrogen) atoms. The van der Waals surface area contributed by atoms with Crippen LogP contribution in [-0.4, -0.2) is 19.9 Å². The number of nitrogens with two attached hydrogens (primary N) is 2. The normalized spacial score (nSPS) is 11.4. The van der Waals surface area contributed by atoms with E-state index in [0.717, 1.165) is 49.8 Å². The fourth-order valence-corrected chi connectivity index (χ4v) is 4.75. The molecule has 0 atom stereocenters. The Balaban J connectivity index is 1.73. The average molecular weight is 431 g/mol. The summed E-state index contributed by atoms with van der Waals surface area (Å²) in [5.74, 6) is 0.795. The number of rotatable bonds is 3. The van der Waals surface area contributed by atoms with Crippen molar-refractivity contribution in [3.05, 3.63) is 84.7 Å². The highest BCUT2D eigenvalue weighted by atomic mass is 15.0. The van der Waals surface area contributed by atoms with E-state index in [9.17, 15) is 0 Å². The van der Waals surface area contributed by atoms with Crippen LogP contribution >= 0.6 is 0 Å². The quantitative estimate of drug-likeness (QED) is 0.280. The fourth-order valence-electron chi connectivity index (χ4n) is 4.75. The third-order valence-corrected chi connectivity index (χ3v) is 6.28. The Morgan fingerprint density at radius 2 is 1.27 bits per heavy atom. The number of benzene rings is 4. The van der Waals surface area contributed by atoms with Gasteiger partial charge in [0.2, 0.25) is 0 Å².